The van der Waals surface area contributed by atoms with Gasteiger partial charge in [-0.1, -0.05) is 0 Å². The average Bonchev–Trinajstić information content (AvgIpc) is 2.01. The highest BCUT2D eigenvalue weighted by Crippen LogP contribution is 2.30. The lowest BCUT2D eigenvalue weighted by atomic mass is 10.2. The highest BCUT2D eigenvalue weighted by Gasteiger charge is 2.31. The van der Waals surface area contributed by atoms with Crippen LogP contribution in [-0.2, 0) is 6.18 Å². The molecule has 1 aromatic rings. The van der Waals surface area contributed by atoms with Gasteiger partial charge < -0.3 is 5.43 Å². The van der Waals surface area contributed by atoms with Gasteiger partial charge in [0.2, 0.25) is 5.95 Å². The molecule has 0 unspecified atom stereocenters. The summed E-state index contributed by atoms with van der Waals surface area (Å²) in [6.07, 6.45) is -4.60. The summed E-state index contributed by atoms with van der Waals surface area (Å²) in [5.41, 5.74) is 0.698. The van der Waals surface area contributed by atoms with Crippen LogP contribution >= 0.6 is 0 Å². The van der Waals surface area contributed by atoms with E-state index in [1.807, 2.05) is 5.43 Å². The summed E-state index contributed by atoms with van der Waals surface area (Å²) in [5.74, 6) is 3.18. The van der Waals surface area contributed by atoms with Gasteiger partial charge in [0, 0.05) is 6.07 Å². The van der Waals surface area contributed by atoms with E-state index in [2.05, 4.69) is 4.98 Å². The van der Waals surface area contributed by atoms with Crippen molar-refractivity contribution in [1.82, 2.24) is 4.98 Å². The van der Waals surface area contributed by atoms with Gasteiger partial charge in [0.1, 0.15) is 5.82 Å². The Balaban J connectivity index is 3.16. The van der Waals surface area contributed by atoms with Gasteiger partial charge in [-0.25, -0.2) is 10.8 Å². The lowest BCUT2D eigenvalue weighted by Gasteiger charge is -2.07. The van der Waals surface area contributed by atoms with E-state index in [0.717, 1.165) is 0 Å². The fraction of sp³-hybridized carbons (Fsp3) is 0.167. The summed E-state index contributed by atoms with van der Waals surface area (Å²) >= 11 is 0. The number of nitrogens with one attached hydrogen (secondary N) is 1. The summed E-state index contributed by atoms with van der Waals surface area (Å²) in [6, 6.07) is 0.907. The minimum atomic E-state index is -4.60. The maximum atomic E-state index is 12.4. The number of hydrogen-bond acceptors (Lipinski definition) is 3. The smallest absolute Gasteiger partial charge is 0.308 e. The zero-order valence-corrected chi connectivity index (χ0v) is 6.19. The number of halogens is 4. The molecule has 0 atom stereocenters. The van der Waals surface area contributed by atoms with E-state index >= 15 is 0 Å². The lowest BCUT2D eigenvalue weighted by Crippen LogP contribution is -2.12. The Morgan fingerprint density at radius 3 is 2.38 bits per heavy atom. The summed E-state index contributed by atoms with van der Waals surface area (Å²) in [7, 11) is 0. The molecule has 0 amide bonds. The van der Waals surface area contributed by atoms with Gasteiger partial charge in [-0.2, -0.15) is 17.6 Å². The number of aromatic nitrogens is 1. The lowest BCUT2D eigenvalue weighted by molar-refractivity contribution is -0.137. The Hall–Kier alpha value is -1.37. The molecule has 0 saturated carbocycles. The largest absolute Gasteiger partial charge is 0.416 e. The van der Waals surface area contributed by atoms with Gasteiger partial charge in [-0.15, -0.1) is 0 Å². The molecule has 13 heavy (non-hydrogen) atoms. The van der Waals surface area contributed by atoms with Gasteiger partial charge in [-0.3, -0.25) is 0 Å². The van der Waals surface area contributed by atoms with Crippen LogP contribution in [0.25, 0.3) is 0 Å². The summed E-state index contributed by atoms with van der Waals surface area (Å²) in [4.78, 5) is 3.06. The van der Waals surface area contributed by atoms with E-state index in [1.165, 1.54) is 0 Å². The van der Waals surface area contributed by atoms with E-state index < -0.39 is 17.7 Å². The van der Waals surface area contributed by atoms with Crippen LogP contribution in [0.15, 0.2) is 12.1 Å². The molecule has 0 aromatic carbocycles. The summed E-state index contributed by atoms with van der Waals surface area (Å²) in [6.45, 7) is 0. The second-order valence-electron chi connectivity index (χ2n) is 2.21. The first-order valence-electron chi connectivity index (χ1n) is 3.15. The quantitative estimate of drug-likeness (QED) is 0.309. The number of hydrazine groups is 1. The van der Waals surface area contributed by atoms with Gasteiger partial charge in [0.15, 0.2) is 0 Å². The molecule has 0 radical (unpaired) electrons. The summed E-state index contributed by atoms with van der Waals surface area (Å²) < 4.78 is 48.5. The van der Waals surface area contributed by atoms with Gasteiger partial charge in [0.05, 0.1) is 5.56 Å². The predicted octanol–water partition coefficient (Wildman–Crippen LogP) is 1.53. The van der Waals surface area contributed by atoms with Crippen molar-refractivity contribution < 1.29 is 17.6 Å². The number of nitrogens with two attached hydrogens (primary N) is 1. The minimum absolute atomic E-state index is 0.292. The Morgan fingerprint density at radius 2 is 1.92 bits per heavy atom. The SMILES string of the molecule is NNc1cc(C(F)(F)F)cc(F)n1. The highest BCUT2D eigenvalue weighted by atomic mass is 19.4. The molecular weight excluding hydrogens is 190 g/mol. The zero-order valence-electron chi connectivity index (χ0n) is 6.19. The highest BCUT2D eigenvalue weighted by molar-refractivity contribution is 5.37. The normalized spacial score (nSPS) is 11.5. The van der Waals surface area contributed by atoms with E-state index in [9.17, 15) is 17.6 Å². The molecule has 0 spiro atoms. The monoisotopic (exact) mass is 195 g/mol. The van der Waals surface area contributed by atoms with Crippen molar-refractivity contribution in [1.29, 1.82) is 0 Å². The van der Waals surface area contributed by atoms with Crippen molar-refractivity contribution in [3.05, 3.63) is 23.6 Å². The van der Waals surface area contributed by atoms with Crippen LogP contribution in [0.5, 0.6) is 0 Å². The summed E-state index contributed by atoms with van der Waals surface area (Å²) in [5, 5.41) is 0. The molecule has 0 saturated heterocycles. The molecular formula is C6H5F4N3. The van der Waals surface area contributed by atoms with Crippen LogP contribution < -0.4 is 11.3 Å². The molecule has 72 valence electrons. The van der Waals surface area contributed by atoms with Crippen LogP contribution in [0.3, 0.4) is 0 Å². The first kappa shape index (κ1) is 9.72. The topological polar surface area (TPSA) is 50.9 Å². The van der Waals surface area contributed by atoms with Gasteiger partial charge >= 0.3 is 6.18 Å². The molecule has 0 fully saturated rings. The van der Waals surface area contributed by atoms with E-state index in [1.54, 1.807) is 0 Å². The molecule has 0 aliphatic carbocycles. The predicted molar refractivity (Wildman–Crippen MR) is 37.0 cm³/mol. The van der Waals surface area contributed by atoms with Gasteiger partial charge in [0.25, 0.3) is 0 Å². The second-order valence-corrected chi connectivity index (χ2v) is 2.21. The van der Waals surface area contributed by atoms with Crippen molar-refractivity contribution >= 4 is 5.82 Å². The fourth-order valence-electron chi connectivity index (χ4n) is 0.735. The number of anilines is 1. The van der Waals surface area contributed by atoms with E-state index in [-0.39, 0.29) is 5.82 Å². The van der Waals surface area contributed by atoms with E-state index in [4.69, 9.17) is 5.84 Å². The number of nitrogen functional groups attached to an aromatic ring is 1. The molecule has 7 heteroatoms. The number of nitrogens with zero attached hydrogens (tertiary/aromatic N) is 1. The zero-order chi connectivity index (χ0) is 10.1. The Bertz CT molecular complexity index is 309. The number of rotatable bonds is 1. The Morgan fingerprint density at radius 1 is 1.31 bits per heavy atom. The van der Waals surface area contributed by atoms with Crippen molar-refractivity contribution in [2.45, 2.75) is 6.18 Å². The van der Waals surface area contributed by atoms with Crippen LogP contribution in [0.1, 0.15) is 5.56 Å². The fourth-order valence-corrected chi connectivity index (χ4v) is 0.735. The number of hydrogen-bond donors (Lipinski definition) is 2. The van der Waals surface area contributed by atoms with Crippen LogP contribution in [0.2, 0.25) is 0 Å². The third kappa shape index (κ3) is 2.28. The second kappa shape index (κ2) is 3.17. The van der Waals surface area contributed by atoms with Crippen LogP contribution in [0.4, 0.5) is 23.4 Å². The maximum Gasteiger partial charge on any atom is 0.416 e. The Labute approximate surface area is 70.5 Å². The molecule has 3 nitrogen and oxygen atoms in total. The molecule has 0 aliphatic rings. The Kier molecular flexibility index (Phi) is 2.37. The molecule has 1 rings (SSSR count). The van der Waals surface area contributed by atoms with Crippen molar-refractivity contribution in [3.8, 4) is 0 Å². The van der Waals surface area contributed by atoms with Crippen molar-refractivity contribution in [2.24, 2.45) is 5.84 Å². The molecule has 1 aromatic heterocycles. The third-order valence-electron chi connectivity index (χ3n) is 1.27. The third-order valence-corrected chi connectivity index (χ3v) is 1.27. The van der Waals surface area contributed by atoms with Crippen molar-refractivity contribution in [2.75, 3.05) is 5.43 Å². The molecule has 3 N–H and O–H groups in total. The first-order valence-corrected chi connectivity index (χ1v) is 3.15. The molecule has 0 bridgehead atoms. The van der Waals surface area contributed by atoms with Crippen LogP contribution in [-0.4, -0.2) is 4.98 Å². The molecule has 1 heterocycles. The number of pyridine rings is 1. The first-order chi connectivity index (χ1) is 5.93. The molecule has 0 aliphatic heterocycles. The maximum absolute atomic E-state index is 12.4. The van der Waals surface area contributed by atoms with Crippen molar-refractivity contribution in [3.63, 3.8) is 0 Å². The standard InChI is InChI=1S/C6H5F4N3/c7-4-1-3(6(8,9)10)2-5(12-4)13-11/h1-2H,11H2,(H,12,13). The number of alkyl halides is 3. The van der Waals surface area contributed by atoms with E-state index in [0.29, 0.717) is 12.1 Å². The average molecular weight is 195 g/mol. The van der Waals surface area contributed by atoms with Crippen LogP contribution in [0, 0.1) is 5.95 Å². The van der Waals surface area contributed by atoms with Gasteiger partial charge in [-0.05, 0) is 6.07 Å². The minimum Gasteiger partial charge on any atom is -0.308 e.